The van der Waals surface area contributed by atoms with Crippen LogP contribution < -0.4 is 5.32 Å². The maximum Gasteiger partial charge on any atom is 0.238 e. The van der Waals surface area contributed by atoms with Crippen LogP contribution in [0.5, 0.6) is 0 Å². The van der Waals surface area contributed by atoms with Gasteiger partial charge in [0.15, 0.2) is 0 Å². The Morgan fingerprint density at radius 2 is 2.17 bits per heavy atom. The molecule has 5 heteroatoms. The molecule has 0 aliphatic carbocycles. The molecule has 1 aromatic carbocycles. The zero-order valence-corrected chi connectivity index (χ0v) is 10.9. The second-order valence-corrected chi connectivity index (χ2v) is 4.94. The molecule has 1 unspecified atom stereocenters. The molecule has 18 heavy (non-hydrogen) atoms. The summed E-state index contributed by atoms with van der Waals surface area (Å²) < 4.78 is 0. The highest BCUT2D eigenvalue weighted by Gasteiger charge is 2.25. The van der Waals surface area contributed by atoms with E-state index in [1.54, 1.807) is 24.3 Å². The average Bonchev–Trinajstić information content (AvgIpc) is 2.79. The molecule has 1 amide bonds. The van der Waals surface area contributed by atoms with E-state index in [9.17, 15) is 9.90 Å². The summed E-state index contributed by atoms with van der Waals surface area (Å²) in [5.41, 5.74) is 0.740. The van der Waals surface area contributed by atoms with E-state index in [0.29, 0.717) is 11.6 Å². The minimum atomic E-state index is -0.0577. The molecule has 0 saturated carbocycles. The highest BCUT2D eigenvalue weighted by atomic mass is 35.5. The molecule has 2 N–H and O–H groups in total. The minimum Gasteiger partial charge on any atom is -0.395 e. The van der Waals surface area contributed by atoms with Crippen molar-refractivity contribution < 1.29 is 9.90 Å². The van der Waals surface area contributed by atoms with Crippen LogP contribution in [0.1, 0.15) is 12.8 Å². The fourth-order valence-electron chi connectivity index (χ4n) is 2.23. The van der Waals surface area contributed by atoms with E-state index in [2.05, 4.69) is 5.32 Å². The molecule has 0 radical (unpaired) electrons. The molecule has 0 aromatic heterocycles. The Morgan fingerprint density at radius 1 is 1.44 bits per heavy atom. The van der Waals surface area contributed by atoms with Gasteiger partial charge in [-0.25, -0.2) is 0 Å². The molecule has 1 aromatic rings. The van der Waals surface area contributed by atoms with Crippen LogP contribution in [0.3, 0.4) is 0 Å². The number of carbonyl (C=O) groups excluding carboxylic acids is 1. The maximum atomic E-state index is 11.8. The van der Waals surface area contributed by atoms with Gasteiger partial charge in [-0.15, -0.1) is 0 Å². The van der Waals surface area contributed by atoms with Crippen molar-refractivity contribution >= 4 is 23.2 Å². The number of carbonyl (C=O) groups is 1. The summed E-state index contributed by atoms with van der Waals surface area (Å²) in [5, 5.41) is 12.6. The first kappa shape index (κ1) is 13.3. The number of halogens is 1. The first-order valence-corrected chi connectivity index (χ1v) is 6.47. The number of anilines is 1. The Kier molecular flexibility index (Phi) is 4.58. The van der Waals surface area contributed by atoms with E-state index in [4.69, 9.17) is 11.6 Å². The number of amides is 1. The van der Waals surface area contributed by atoms with Crippen molar-refractivity contribution in [3.63, 3.8) is 0 Å². The number of aliphatic hydroxyl groups excluding tert-OH is 1. The van der Waals surface area contributed by atoms with Crippen LogP contribution in [0.2, 0.25) is 5.02 Å². The van der Waals surface area contributed by atoms with Crippen LogP contribution >= 0.6 is 11.6 Å². The van der Waals surface area contributed by atoms with Gasteiger partial charge in [0.2, 0.25) is 5.91 Å². The van der Waals surface area contributed by atoms with Crippen molar-refractivity contribution in [3.05, 3.63) is 29.3 Å². The molecule has 98 valence electrons. The number of aliphatic hydroxyl groups is 1. The van der Waals surface area contributed by atoms with E-state index in [0.717, 1.165) is 25.1 Å². The quantitative estimate of drug-likeness (QED) is 0.875. The maximum absolute atomic E-state index is 11.8. The average molecular weight is 269 g/mol. The highest BCUT2D eigenvalue weighted by Crippen LogP contribution is 2.17. The Bertz CT molecular complexity index is 408. The number of benzene rings is 1. The van der Waals surface area contributed by atoms with E-state index in [1.165, 1.54) is 0 Å². The third kappa shape index (κ3) is 3.45. The van der Waals surface area contributed by atoms with Gasteiger partial charge in [-0.3, -0.25) is 9.69 Å². The van der Waals surface area contributed by atoms with Gasteiger partial charge in [-0.05, 0) is 43.7 Å². The van der Waals surface area contributed by atoms with Crippen molar-refractivity contribution in [2.45, 2.75) is 18.9 Å². The van der Waals surface area contributed by atoms with Gasteiger partial charge in [0, 0.05) is 16.8 Å². The second kappa shape index (κ2) is 6.18. The summed E-state index contributed by atoms with van der Waals surface area (Å²) in [7, 11) is 0. The van der Waals surface area contributed by atoms with Crippen LogP contribution in [-0.4, -0.2) is 41.7 Å². The number of nitrogens with one attached hydrogen (secondary N) is 1. The predicted octanol–water partition coefficient (Wildman–Crippen LogP) is 1.74. The van der Waals surface area contributed by atoms with Gasteiger partial charge in [0.25, 0.3) is 0 Å². The van der Waals surface area contributed by atoms with Gasteiger partial charge in [0.1, 0.15) is 0 Å². The summed E-state index contributed by atoms with van der Waals surface area (Å²) in [6, 6.07) is 7.15. The summed E-state index contributed by atoms with van der Waals surface area (Å²) in [4.78, 5) is 13.9. The van der Waals surface area contributed by atoms with Gasteiger partial charge in [-0.1, -0.05) is 11.6 Å². The van der Waals surface area contributed by atoms with Crippen LogP contribution in [0.4, 0.5) is 5.69 Å². The molecule has 1 saturated heterocycles. The standard InChI is InChI=1S/C13H17ClN2O2/c14-10-3-5-11(6-4-10)15-13(18)8-16-7-1-2-12(16)9-17/h3-6,12,17H,1-2,7-9H2,(H,15,18). The van der Waals surface area contributed by atoms with Crippen molar-refractivity contribution in [2.75, 3.05) is 25.0 Å². The minimum absolute atomic E-state index is 0.0577. The molecule has 0 bridgehead atoms. The number of hydrogen-bond acceptors (Lipinski definition) is 3. The van der Waals surface area contributed by atoms with Crippen molar-refractivity contribution in [2.24, 2.45) is 0 Å². The van der Waals surface area contributed by atoms with Gasteiger partial charge < -0.3 is 10.4 Å². The SMILES string of the molecule is O=C(CN1CCCC1CO)Nc1ccc(Cl)cc1. The smallest absolute Gasteiger partial charge is 0.238 e. The molecule has 1 aliphatic rings. The summed E-state index contributed by atoms with van der Waals surface area (Å²) in [5.74, 6) is -0.0577. The molecule has 0 spiro atoms. The van der Waals surface area contributed by atoms with E-state index >= 15 is 0 Å². The Morgan fingerprint density at radius 3 is 2.83 bits per heavy atom. The first-order chi connectivity index (χ1) is 8.69. The first-order valence-electron chi connectivity index (χ1n) is 6.09. The normalized spacial score (nSPS) is 20.0. The van der Waals surface area contributed by atoms with Crippen molar-refractivity contribution in [3.8, 4) is 0 Å². The lowest BCUT2D eigenvalue weighted by atomic mass is 10.2. The van der Waals surface area contributed by atoms with E-state index in [1.807, 2.05) is 4.90 Å². The zero-order valence-electron chi connectivity index (χ0n) is 10.1. The third-order valence-electron chi connectivity index (χ3n) is 3.18. The molecular weight excluding hydrogens is 252 g/mol. The van der Waals surface area contributed by atoms with Crippen LogP contribution in [0.25, 0.3) is 0 Å². The van der Waals surface area contributed by atoms with Gasteiger partial charge in [-0.2, -0.15) is 0 Å². The van der Waals surface area contributed by atoms with Crippen LogP contribution in [0, 0.1) is 0 Å². The number of likely N-dealkylation sites (tertiary alicyclic amines) is 1. The summed E-state index contributed by atoms with van der Waals surface area (Å²) in [6.45, 7) is 1.32. The Balaban J connectivity index is 1.86. The summed E-state index contributed by atoms with van der Waals surface area (Å²) in [6.07, 6.45) is 2.00. The number of rotatable bonds is 4. The fraction of sp³-hybridized carbons (Fsp3) is 0.462. The predicted molar refractivity (Wildman–Crippen MR) is 71.8 cm³/mol. The fourth-order valence-corrected chi connectivity index (χ4v) is 2.35. The highest BCUT2D eigenvalue weighted by molar-refractivity contribution is 6.30. The monoisotopic (exact) mass is 268 g/mol. The molecule has 4 nitrogen and oxygen atoms in total. The number of nitrogens with zero attached hydrogens (tertiary/aromatic N) is 1. The molecule has 1 fully saturated rings. The number of hydrogen-bond donors (Lipinski definition) is 2. The lowest BCUT2D eigenvalue weighted by Gasteiger charge is -2.21. The van der Waals surface area contributed by atoms with E-state index < -0.39 is 0 Å². The molecule has 1 aliphatic heterocycles. The Hall–Kier alpha value is -1.10. The molecule has 1 atom stereocenters. The molecular formula is C13H17ClN2O2. The van der Waals surface area contributed by atoms with Crippen molar-refractivity contribution in [1.82, 2.24) is 4.90 Å². The Labute approximate surface area is 112 Å². The topological polar surface area (TPSA) is 52.6 Å². The van der Waals surface area contributed by atoms with E-state index in [-0.39, 0.29) is 18.6 Å². The summed E-state index contributed by atoms with van der Waals surface area (Å²) >= 11 is 5.77. The van der Waals surface area contributed by atoms with Gasteiger partial charge >= 0.3 is 0 Å². The van der Waals surface area contributed by atoms with Crippen LogP contribution in [0.15, 0.2) is 24.3 Å². The van der Waals surface area contributed by atoms with Crippen LogP contribution in [-0.2, 0) is 4.79 Å². The third-order valence-corrected chi connectivity index (χ3v) is 3.44. The van der Waals surface area contributed by atoms with Gasteiger partial charge in [0.05, 0.1) is 13.2 Å². The molecule has 2 rings (SSSR count). The van der Waals surface area contributed by atoms with Crippen molar-refractivity contribution in [1.29, 1.82) is 0 Å². The molecule has 1 heterocycles. The largest absolute Gasteiger partial charge is 0.395 e. The second-order valence-electron chi connectivity index (χ2n) is 4.50. The lowest BCUT2D eigenvalue weighted by Crippen LogP contribution is -2.38. The lowest BCUT2D eigenvalue weighted by molar-refractivity contribution is -0.117. The zero-order chi connectivity index (χ0) is 13.0.